The van der Waals surface area contributed by atoms with Crippen molar-refractivity contribution >= 4 is 5.91 Å². The molecule has 0 radical (unpaired) electrons. The molecule has 1 aliphatic heterocycles. The van der Waals surface area contributed by atoms with Crippen LogP contribution >= 0.6 is 0 Å². The number of nitrogens with one attached hydrogen (secondary N) is 1. The van der Waals surface area contributed by atoms with Gasteiger partial charge in [0.15, 0.2) is 6.29 Å². The molecule has 1 saturated heterocycles. The number of aliphatic hydroxyl groups excluding tert-OH is 6. The molecule has 8 unspecified atom stereocenters. The summed E-state index contributed by atoms with van der Waals surface area (Å²) in [7, 11) is 0. The van der Waals surface area contributed by atoms with Crippen LogP contribution in [0.5, 0.6) is 0 Å². The molecule has 7 N–H and O–H groups in total. The Morgan fingerprint density at radius 2 is 1.09 bits per heavy atom. The molecule has 8 atom stereocenters. The van der Waals surface area contributed by atoms with Crippen molar-refractivity contribution in [3.05, 3.63) is 48.6 Å². The Labute approximate surface area is 334 Å². The van der Waals surface area contributed by atoms with Crippen LogP contribution in [-0.4, -0.2) is 98.7 Å². The topological polar surface area (TPSA) is 169 Å². The fraction of sp³-hybridized carbons (Fsp3) is 0.800. The fourth-order valence-corrected chi connectivity index (χ4v) is 6.53. The molecule has 0 bridgehead atoms. The highest BCUT2D eigenvalue weighted by Crippen LogP contribution is 2.22. The number of hydrogen-bond acceptors (Lipinski definition) is 9. The molecule has 0 aromatic heterocycles. The Kier molecular flexibility index (Phi) is 32.8. The van der Waals surface area contributed by atoms with E-state index in [1.54, 1.807) is 6.08 Å². The molecule has 1 rings (SSSR count). The van der Waals surface area contributed by atoms with E-state index in [0.29, 0.717) is 19.3 Å². The maximum atomic E-state index is 13.0. The summed E-state index contributed by atoms with van der Waals surface area (Å²) >= 11 is 0. The number of rotatable bonds is 35. The molecule has 55 heavy (non-hydrogen) atoms. The SMILES string of the molecule is CCCC/C=C/CC/C=C/CC/C=C/C(O)C(COC1OC(CO)C(O)C(O)C1O)NC(=O)C(O)CCCCCCCC/C=C\CCCCCCCCCC. The molecule has 10 nitrogen and oxygen atoms in total. The highest BCUT2D eigenvalue weighted by atomic mass is 16.7. The summed E-state index contributed by atoms with van der Waals surface area (Å²) in [6.45, 7) is 3.51. The van der Waals surface area contributed by atoms with E-state index in [9.17, 15) is 35.4 Å². The second kappa shape index (κ2) is 35.3. The number of ether oxygens (including phenoxy) is 2. The average molecular weight is 780 g/mol. The van der Waals surface area contributed by atoms with Crippen LogP contribution in [0, 0.1) is 0 Å². The Morgan fingerprint density at radius 3 is 1.64 bits per heavy atom. The van der Waals surface area contributed by atoms with Gasteiger partial charge in [0.05, 0.1) is 25.4 Å². The van der Waals surface area contributed by atoms with Gasteiger partial charge < -0.3 is 45.4 Å². The van der Waals surface area contributed by atoms with Crippen molar-refractivity contribution < 1.29 is 44.9 Å². The minimum atomic E-state index is -1.62. The first-order valence-electron chi connectivity index (χ1n) is 22.0. The minimum absolute atomic E-state index is 0.292. The van der Waals surface area contributed by atoms with Crippen molar-refractivity contribution in [2.45, 2.75) is 217 Å². The molecule has 1 fully saturated rings. The average Bonchev–Trinajstić information content (AvgIpc) is 3.18. The lowest BCUT2D eigenvalue weighted by atomic mass is 9.99. The van der Waals surface area contributed by atoms with Crippen LogP contribution < -0.4 is 5.32 Å². The first kappa shape index (κ1) is 51.1. The summed E-state index contributed by atoms with van der Waals surface area (Å²) in [5.74, 6) is -0.639. The smallest absolute Gasteiger partial charge is 0.249 e. The van der Waals surface area contributed by atoms with Gasteiger partial charge >= 0.3 is 0 Å². The van der Waals surface area contributed by atoms with E-state index in [2.05, 4.69) is 55.6 Å². The Bertz CT molecular complexity index is 1020. The zero-order valence-corrected chi connectivity index (χ0v) is 34.5. The lowest BCUT2D eigenvalue weighted by Gasteiger charge is -2.40. The summed E-state index contributed by atoms with van der Waals surface area (Å²) in [5.41, 5.74) is 0. The summed E-state index contributed by atoms with van der Waals surface area (Å²) in [6, 6.07) is -1.00. The van der Waals surface area contributed by atoms with E-state index < -0.39 is 61.5 Å². The van der Waals surface area contributed by atoms with Gasteiger partial charge in [0.2, 0.25) is 5.91 Å². The number of unbranched alkanes of at least 4 members (excludes halogenated alkanes) is 18. The third-order valence-electron chi connectivity index (χ3n) is 10.2. The molecule has 1 heterocycles. The highest BCUT2D eigenvalue weighted by Gasteiger charge is 2.44. The number of amides is 1. The van der Waals surface area contributed by atoms with Crippen molar-refractivity contribution in [2.24, 2.45) is 0 Å². The van der Waals surface area contributed by atoms with Crippen LogP contribution in [0.3, 0.4) is 0 Å². The van der Waals surface area contributed by atoms with E-state index in [4.69, 9.17) is 9.47 Å². The molecule has 1 amide bonds. The van der Waals surface area contributed by atoms with Crippen molar-refractivity contribution in [3.63, 3.8) is 0 Å². The van der Waals surface area contributed by atoms with Crippen molar-refractivity contribution in [1.82, 2.24) is 5.32 Å². The number of hydrogen-bond donors (Lipinski definition) is 7. The zero-order valence-electron chi connectivity index (χ0n) is 34.5. The maximum absolute atomic E-state index is 13.0. The largest absolute Gasteiger partial charge is 0.394 e. The van der Waals surface area contributed by atoms with Gasteiger partial charge in [-0.05, 0) is 64.2 Å². The normalized spacial score (nSPS) is 22.4. The molecule has 1 aliphatic rings. The van der Waals surface area contributed by atoms with E-state index in [1.165, 1.54) is 83.5 Å². The second-order valence-corrected chi connectivity index (χ2v) is 15.3. The van der Waals surface area contributed by atoms with Gasteiger partial charge in [-0.15, -0.1) is 0 Å². The summed E-state index contributed by atoms with van der Waals surface area (Å²) < 4.78 is 11.1. The number of carbonyl (C=O) groups excluding carboxylic acids is 1. The van der Waals surface area contributed by atoms with Gasteiger partial charge in [0, 0.05) is 0 Å². The number of carbonyl (C=O) groups is 1. The van der Waals surface area contributed by atoms with Gasteiger partial charge in [0.25, 0.3) is 0 Å². The Balaban J connectivity index is 2.45. The minimum Gasteiger partial charge on any atom is -0.394 e. The maximum Gasteiger partial charge on any atom is 0.249 e. The van der Waals surface area contributed by atoms with Gasteiger partial charge in [0.1, 0.15) is 30.5 Å². The predicted molar refractivity (Wildman–Crippen MR) is 222 cm³/mol. The predicted octanol–water partition coefficient (Wildman–Crippen LogP) is 7.64. The number of aliphatic hydroxyl groups is 6. The van der Waals surface area contributed by atoms with Crippen molar-refractivity contribution in [2.75, 3.05) is 13.2 Å². The summed E-state index contributed by atoms with van der Waals surface area (Å²) in [5, 5.41) is 64.4. The van der Waals surface area contributed by atoms with Gasteiger partial charge in [-0.3, -0.25) is 4.79 Å². The van der Waals surface area contributed by atoms with Crippen LogP contribution in [0.1, 0.15) is 168 Å². The van der Waals surface area contributed by atoms with Crippen LogP contribution in [0.25, 0.3) is 0 Å². The lowest BCUT2D eigenvalue weighted by Crippen LogP contribution is -2.60. The first-order valence-corrected chi connectivity index (χ1v) is 22.0. The quantitative estimate of drug-likeness (QED) is 0.0253. The molecular weight excluding hydrogens is 698 g/mol. The molecular formula is C45H81NO9. The van der Waals surface area contributed by atoms with E-state index in [-0.39, 0.29) is 6.61 Å². The first-order chi connectivity index (χ1) is 26.8. The highest BCUT2D eigenvalue weighted by molar-refractivity contribution is 5.80. The van der Waals surface area contributed by atoms with Crippen LogP contribution in [0.2, 0.25) is 0 Å². The van der Waals surface area contributed by atoms with Crippen molar-refractivity contribution in [1.29, 1.82) is 0 Å². The monoisotopic (exact) mass is 780 g/mol. The molecule has 0 aromatic carbocycles. The third kappa shape index (κ3) is 25.9. The Hall–Kier alpha value is -1.89. The van der Waals surface area contributed by atoms with Gasteiger partial charge in [-0.25, -0.2) is 0 Å². The number of allylic oxidation sites excluding steroid dienone is 7. The summed E-state index contributed by atoms with van der Waals surface area (Å²) in [4.78, 5) is 13.0. The Morgan fingerprint density at radius 1 is 0.618 bits per heavy atom. The molecule has 0 spiro atoms. The fourth-order valence-electron chi connectivity index (χ4n) is 6.53. The lowest BCUT2D eigenvalue weighted by molar-refractivity contribution is -0.302. The van der Waals surface area contributed by atoms with Crippen LogP contribution in [-0.2, 0) is 14.3 Å². The molecule has 0 aliphatic carbocycles. The molecule has 0 aromatic rings. The van der Waals surface area contributed by atoms with Crippen LogP contribution in [0.4, 0.5) is 0 Å². The van der Waals surface area contributed by atoms with Gasteiger partial charge in [-0.2, -0.15) is 0 Å². The molecule has 0 saturated carbocycles. The van der Waals surface area contributed by atoms with E-state index >= 15 is 0 Å². The van der Waals surface area contributed by atoms with Crippen molar-refractivity contribution in [3.8, 4) is 0 Å². The third-order valence-corrected chi connectivity index (χ3v) is 10.2. The van der Waals surface area contributed by atoms with Gasteiger partial charge in [-0.1, -0.05) is 152 Å². The molecule has 10 heteroatoms. The molecule has 320 valence electrons. The second-order valence-electron chi connectivity index (χ2n) is 15.3. The summed E-state index contributed by atoms with van der Waals surface area (Å²) in [6.07, 6.45) is 33.4. The van der Waals surface area contributed by atoms with E-state index in [0.717, 1.165) is 51.4 Å². The standard InChI is InChI=1S/C45H81NO9/c1-3-5-7-9-11-13-15-17-18-19-20-21-22-24-26-28-30-32-34-39(49)44(53)46-37(36-54-45-43(52)42(51)41(50)40(35-47)55-45)38(48)33-31-29-27-25-23-16-14-12-10-8-6-4-2/h10,12,19-20,23,25,31,33,37-43,45,47-52H,3-9,11,13-18,21-22,24,26-30,32,34-36H2,1-2H3,(H,46,53)/b12-10+,20-19-,25-23+,33-31+. The zero-order chi connectivity index (χ0) is 40.4. The van der Waals surface area contributed by atoms with E-state index in [1.807, 2.05) is 6.08 Å². The van der Waals surface area contributed by atoms with Crippen LogP contribution in [0.15, 0.2) is 48.6 Å².